The van der Waals surface area contributed by atoms with Gasteiger partial charge in [-0.05, 0) is 62.2 Å². The lowest BCUT2D eigenvalue weighted by atomic mass is 10.1. The van der Waals surface area contributed by atoms with E-state index in [4.69, 9.17) is 0 Å². The lowest BCUT2D eigenvalue weighted by molar-refractivity contribution is -0.116. The summed E-state index contributed by atoms with van der Waals surface area (Å²) in [5, 5.41) is 2.55. The minimum Gasteiger partial charge on any atom is -0.324 e. The second-order valence-electron chi connectivity index (χ2n) is 6.00. The van der Waals surface area contributed by atoms with Crippen LogP contribution in [0.3, 0.4) is 0 Å². The van der Waals surface area contributed by atoms with Crippen LogP contribution >= 0.6 is 0 Å². The Balaban J connectivity index is 2.34. The van der Waals surface area contributed by atoms with Crippen molar-refractivity contribution in [1.82, 2.24) is 0 Å². The molecule has 134 valence electrons. The van der Waals surface area contributed by atoms with Crippen LogP contribution in [0, 0.1) is 19.7 Å². The van der Waals surface area contributed by atoms with Gasteiger partial charge in [0.05, 0.1) is 11.9 Å². The summed E-state index contributed by atoms with van der Waals surface area (Å²) < 4.78 is 38.9. The summed E-state index contributed by atoms with van der Waals surface area (Å²) in [6.45, 7) is 5.28. The van der Waals surface area contributed by atoms with Gasteiger partial charge in [-0.25, -0.2) is 12.8 Å². The zero-order valence-corrected chi connectivity index (χ0v) is 15.4. The van der Waals surface area contributed by atoms with Crippen molar-refractivity contribution in [1.29, 1.82) is 0 Å². The summed E-state index contributed by atoms with van der Waals surface area (Å²) in [5.74, 6) is -1.03. The SMILES string of the molecule is Cc1ccc(N([C@@H](C)C(=O)Nc2cccc(F)c2)S(C)(=O)=O)cc1C. The monoisotopic (exact) mass is 364 g/mol. The topological polar surface area (TPSA) is 66.5 Å². The Morgan fingerprint density at radius 1 is 1.12 bits per heavy atom. The molecule has 7 heteroatoms. The predicted octanol–water partition coefficient (Wildman–Crippen LogP) is 3.24. The van der Waals surface area contributed by atoms with Crippen molar-refractivity contribution in [3.63, 3.8) is 0 Å². The van der Waals surface area contributed by atoms with Crippen molar-refractivity contribution in [2.75, 3.05) is 15.9 Å². The van der Waals surface area contributed by atoms with E-state index in [0.717, 1.165) is 21.7 Å². The van der Waals surface area contributed by atoms with E-state index in [-0.39, 0.29) is 5.69 Å². The fourth-order valence-electron chi connectivity index (χ4n) is 2.48. The first kappa shape index (κ1) is 18.9. The van der Waals surface area contributed by atoms with Crippen LogP contribution in [0.5, 0.6) is 0 Å². The molecule has 0 spiro atoms. The molecule has 0 saturated carbocycles. The Hall–Kier alpha value is -2.41. The number of carbonyl (C=O) groups excluding carboxylic acids is 1. The van der Waals surface area contributed by atoms with Gasteiger partial charge < -0.3 is 5.32 Å². The lowest BCUT2D eigenvalue weighted by Crippen LogP contribution is -2.45. The van der Waals surface area contributed by atoms with Gasteiger partial charge in [-0.2, -0.15) is 0 Å². The van der Waals surface area contributed by atoms with E-state index in [2.05, 4.69) is 5.32 Å². The molecule has 0 aliphatic carbocycles. The van der Waals surface area contributed by atoms with E-state index in [1.807, 2.05) is 13.8 Å². The Kier molecular flexibility index (Phi) is 5.47. The summed E-state index contributed by atoms with van der Waals surface area (Å²) >= 11 is 0. The molecular formula is C18H21FN2O3S. The van der Waals surface area contributed by atoms with Crippen molar-refractivity contribution in [2.24, 2.45) is 0 Å². The molecule has 0 saturated heterocycles. The minimum atomic E-state index is -3.69. The number of hydrogen-bond donors (Lipinski definition) is 1. The van der Waals surface area contributed by atoms with Crippen LogP contribution in [0.25, 0.3) is 0 Å². The smallest absolute Gasteiger partial charge is 0.247 e. The largest absolute Gasteiger partial charge is 0.324 e. The highest BCUT2D eigenvalue weighted by atomic mass is 32.2. The van der Waals surface area contributed by atoms with Gasteiger partial charge in [0.2, 0.25) is 15.9 Å². The molecule has 0 heterocycles. The maximum Gasteiger partial charge on any atom is 0.247 e. The zero-order chi connectivity index (χ0) is 18.8. The molecule has 2 rings (SSSR count). The molecule has 2 aromatic rings. The van der Waals surface area contributed by atoms with Crippen LogP contribution in [0.4, 0.5) is 15.8 Å². The highest BCUT2D eigenvalue weighted by molar-refractivity contribution is 7.92. The molecule has 2 aromatic carbocycles. The highest BCUT2D eigenvalue weighted by Gasteiger charge is 2.29. The van der Waals surface area contributed by atoms with Gasteiger partial charge in [-0.1, -0.05) is 12.1 Å². The number of amides is 1. The first-order valence-electron chi connectivity index (χ1n) is 7.72. The number of nitrogens with zero attached hydrogens (tertiary/aromatic N) is 1. The molecule has 5 nitrogen and oxygen atoms in total. The lowest BCUT2D eigenvalue weighted by Gasteiger charge is -2.28. The summed E-state index contributed by atoms with van der Waals surface area (Å²) in [6.07, 6.45) is 1.05. The van der Waals surface area contributed by atoms with E-state index in [0.29, 0.717) is 5.69 Å². The second kappa shape index (κ2) is 7.23. The third-order valence-corrected chi connectivity index (χ3v) is 5.17. The molecule has 25 heavy (non-hydrogen) atoms. The van der Waals surface area contributed by atoms with Crippen molar-refractivity contribution in [3.05, 3.63) is 59.4 Å². The summed E-state index contributed by atoms with van der Waals surface area (Å²) in [4.78, 5) is 12.5. The first-order chi connectivity index (χ1) is 11.6. The van der Waals surface area contributed by atoms with E-state index in [1.165, 1.54) is 31.2 Å². The van der Waals surface area contributed by atoms with E-state index in [9.17, 15) is 17.6 Å². The maximum atomic E-state index is 13.3. The number of hydrogen-bond acceptors (Lipinski definition) is 3. The number of halogens is 1. The van der Waals surface area contributed by atoms with Crippen LogP contribution in [-0.4, -0.2) is 26.6 Å². The van der Waals surface area contributed by atoms with Gasteiger partial charge in [0, 0.05) is 5.69 Å². The summed E-state index contributed by atoms with van der Waals surface area (Å²) in [7, 11) is -3.69. The molecule has 1 N–H and O–H groups in total. The van der Waals surface area contributed by atoms with Crippen molar-refractivity contribution in [2.45, 2.75) is 26.8 Å². The van der Waals surface area contributed by atoms with Crippen LogP contribution in [0.2, 0.25) is 0 Å². The number of nitrogens with one attached hydrogen (secondary N) is 1. The molecule has 1 atom stereocenters. The molecule has 1 amide bonds. The summed E-state index contributed by atoms with van der Waals surface area (Å²) in [5.41, 5.74) is 2.62. The van der Waals surface area contributed by atoms with Gasteiger partial charge in [0.1, 0.15) is 11.9 Å². The van der Waals surface area contributed by atoms with E-state index < -0.39 is 27.8 Å². The number of sulfonamides is 1. The first-order valence-corrected chi connectivity index (χ1v) is 9.57. The van der Waals surface area contributed by atoms with Crippen LogP contribution in [0.1, 0.15) is 18.1 Å². The quantitative estimate of drug-likeness (QED) is 0.886. The normalized spacial score (nSPS) is 12.5. The molecule has 0 aliphatic heterocycles. The van der Waals surface area contributed by atoms with Gasteiger partial charge in [-0.15, -0.1) is 0 Å². The molecule has 0 fully saturated rings. The van der Waals surface area contributed by atoms with Crippen molar-refractivity contribution in [3.8, 4) is 0 Å². The third-order valence-electron chi connectivity index (χ3n) is 3.93. The van der Waals surface area contributed by atoms with Crippen molar-refractivity contribution < 1.29 is 17.6 Å². The third kappa shape index (κ3) is 4.57. The predicted molar refractivity (Wildman–Crippen MR) is 97.7 cm³/mol. The molecule has 0 aromatic heterocycles. The van der Waals surface area contributed by atoms with Crippen LogP contribution < -0.4 is 9.62 Å². The zero-order valence-electron chi connectivity index (χ0n) is 14.6. The van der Waals surface area contributed by atoms with Gasteiger partial charge >= 0.3 is 0 Å². The number of anilines is 2. The Morgan fingerprint density at radius 2 is 1.80 bits per heavy atom. The molecule has 0 radical (unpaired) electrons. The second-order valence-corrected chi connectivity index (χ2v) is 7.86. The summed E-state index contributed by atoms with van der Waals surface area (Å²) in [6, 6.07) is 9.63. The van der Waals surface area contributed by atoms with Gasteiger partial charge in [0.15, 0.2) is 0 Å². The fraction of sp³-hybridized carbons (Fsp3) is 0.278. The van der Waals surface area contributed by atoms with E-state index in [1.54, 1.807) is 18.2 Å². The average Bonchev–Trinajstić information content (AvgIpc) is 2.49. The fourth-order valence-corrected chi connectivity index (χ4v) is 3.65. The Labute approximate surface area is 147 Å². The molecular weight excluding hydrogens is 343 g/mol. The maximum absolute atomic E-state index is 13.3. The average molecular weight is 364 g/mol. The van der Waals surface area contributed by atoms with E-state index >= 15 is 0 Å². The van der Waals surface area contributed by atoms with Crippen LogP contribution in [0.15, 0.2) is 42.5 Å². The molecule has 0 bridgehead atoms. The Bertz CT molecular complexity index is 897. The Morgan fingerprint density at radius 3 is 2.36 bits per heavy atom. The van der Waals surface area contributed by atoms with Crippen molar-refractivity contribution >= 4 is 27.3 Å². The van der Waals surface area contributed by atoms with Gasteiger partial charge in [0.25, 0.3) is 0 Å². The number of carbonyl (C=O) groups is 1. The molecule has 0 aliphatic rings. The number of aryl methyl sites for hydroxylation is 2. The number of benzene rings is 2. The minimum absolute atomic E-state index is 0.269. The standard InChI is InChI=1S/C18H21FN2O3S/c1-12-8-9-17(10-13(12)2)21(25(4,23)24)14(3)18(22)20-16-7-5-6-15(19)11-16/h5-11,14H,1-4H3,(H,20,22)/t14-/m0/s1. The van der Waals surface area contributed by atoms with Gasteiger partial charge in [-0.3, -0.25) is 9.10 Å². The number of rotatable bonds is 5. The van der Waals surface area contributed by atoms with Crippen LogP contribution in [-0.2, 0) is 14.8 Å². The highest BCUT2D eigenvalue weighted by Crippen LogP contribution is 2.24. The molecule has 0 unspecified atom stereocenters.